The van der Waals surface area contributed by atoms with E-state index in [2.05, 4.69) is 13.0 Å². The van der Waals surface area contributed by atoms with Gasteiger partial charge in [0.25, 0.3) is 0 Å². The molecule has 0 amide bonds. The number of ether oxygens (including phenoxy) is 2. The van der Waals surface area contributed by atoms with E-state index in [0.717, 1.165) is 44.8 Å². The second-order valence-corrected chi connectivity index (χ2v) is 5.47. The van der Waals surface area contributed by atoms with Crippen molar-refractivity contribution in [3.8, 4) is 6.07 Å². The third-order valence-electron chi connectivity index (χ3n) is 4.12. The van der Waals surface area contributed by atoms with Gasteiger partial charge in [-0.1, -0.05) is 26.2 Å². The first-order valence-electron chi connectivity index (χ1n) is 7.24. The molecule has 18 heavy (non-hydrogen) atoms. The second kappa shape index (κ2) is 8.50. The van der Waals surface area contributed by atoms with Crippen LogP contribution in [0.5, 0.6) is 0 Å². The predicted octanol–water partition coefficient (Wildman–Crippen LogP) is 3.54. The van der Waals surface area contributed by atoms with Crippen LogP contribution in [-0.2, 0) is 9.47 Å². The summed E-state index contributed by atoms with van der Waals surface area (Å²) in [5, 5.41) is 9.47. The van der Waals surface area contributed by atoms with E-state index in [9.17, 15) is 5.26 Å². The Kier molecular flexibility index (Phi) is 7.31. The molecule has 0 N–H and O–H groups in total. The number of nitrogens with zero attached hydrogens (tertiary/aromatic N) is 1. The lowest BCUT2D eigenvalue weighted by molar-refractivity contribution is 0.0711. The number of hydrogen-bond donors (Lipinski definition) is 0. The Bertz CT molecular complexity index is 262. The van der Waals surface area contributed by atoms with Crippen LogP contribution in [0.2, 0.25) is 0 Å². The summed E-state index contributed by atoms with van der Waals surface area (Å²) in [5.41, 5.74) is -0.111. The fraction of sp³-hybridized carbons (Fsp3) is 0.933. The molecule has 1 rings (SSSR count). The Morgan fingerprint density at radius 2 is 2.17 bits per heavy atom. The van der Waals surface area contributed by atoms with Crippen LogP contribution in [0.4, 0.5) is 0 Å². The standard InChI is InChI=1S/C15H27NO2/c1-3-14-6-4-7-15(12-14,13-16)8-11-18-10-5-9-17-2/h14H,3-12H2,1-2H3. The summed E-state index contributed by atoms with van der Waals surface area (Å²) < 4.78 is 10.6. The first-order valence-corrected chi connectivity index (χ1v) is 7.24. The maximum absolute atomic E-state index is 9.47. The molecule has 1 fully saturated rings. The molecule has 1 saturated carbocycles. The quantitative estimate of drug-likeness (QED) is 0.621. The normalized spacial score (nSPS) is 27.9. The maximum atomic E-state index is 9.47. The van der Waals surface area contributed by atoms with Gasteiger partial charge in [-0.2, -0.15) is 5.26 Å². The molecule has 0 aromatic rings. The molecule has 0 radical (unpaired) electrons. The summed E-state index contributed by atoms with van der Waals surface area (Å²) in [6.45, 7) is 4.45. The molecule has 0 heterocycles. The molecular weight excluding hydrogens is 226 g/mol. The third-order valence-corrected chi connectivity index (χ3v) is 4.12. The van der Waals surface area contributed by atoms with Crippen molar-refractivity contribution in [3.05, 3.63) is 0 Å². The summed E-state index contributed by atoms with van der Waals surface area (Å²) in [6, 6.07) is 2.58. The van der Waals surface area contributed by atoms with Crippen LogP contribution in [0.25, 0.3) is 0 Å². The van der Waals surface area contributed by atoms with Gasteiger partial charge in [-0.3, -0.25) is 0 Å². The monoisotopic (exact) mass is 253 g/mol. The smallest absolute Gasteiger partial charge is 0.0690 e. The van der Waals surface area contributed by atoms with Gasteiger partial charge in [-0.25, -0.2) is 0 Å². The Hall–Kier alpha value is -0.590. The van der Waals surface area contributed by atoms with Crippen molar-refractivity contribution in [2.45, 2.75) is 51.9 Å². The van der Waals surface area contributed by atoms with Crippen LogP contribution in [0, 0.1) is 22.7 Å². The first-order chi connectivity index (χ1) is 8.76. The lowest BCUT2D eigenvalue weighted by atomic mass is 9.68. The molecule has 0 aromatic carbocycles. The topological polar surface area (TPSA) is 42.2 Å². The van der Waals surface area contributed by atoms with Crippen molar-refractivity contribution in [1.82, 2.24) is 0 Å². The molecule has 1 aliphatic carbocycles. The summed E-state index contributed by atoms with van der Waals surface area (Å²) in [5.74, 6) is 0.742. The average Bonchev–Trinajstić information content (AvgIpc) is 2.43. The molecule has 0 bridgehead atoms. The zero-order valence-corrected chi connectivity index (χ0v) is 11.9. The largest absolute Gasteiger partial charge is 0.385 e. The van der Waals surface area contributed by atoms with E-state index in [4.69, 9.17) is 9.47 Å². The van der Waals surface area contributed by atoms with Gasteiger partial charge in [0.2, 0.25) is 0 Å². The van der Waals surface area contributed by atoms with Crippen LogP contribution in [0.3, 0.4) is 0 Å². The van der Waals surface area contributed by atoms with E-state index in [1.807, 2.05) is 0 Å². The lowest BCUT2D eigenvalue weighted by Crippen LogP contribution is -2.28. The number of rotatable bonds is 8. The van der Waals surface area contributed by atoms with Crippen molar-refractivity contribution >= 4 is 0 Å². The highest BCUT2D eigenvalue weighted by Crippen LogP contribution is 2.42. The molecule has 0 saturated heterocycles. The zero-order valence-electron chi connectivity index (χ0n) is 11.9. The van der Waals surface area contributed by atoms with Crippen molar-refractivity contribution < 1.29 is 9.47 Å². The molecular formula is C15H27NO2. The summed E-state index contributed by atoms with van der Waals surface area (Å²) in [7, 11) is 1.71. The fourth-order valence-corrected chi connectivity index (χ4v) is 2.89. The second-order valence-electron chi connectivity index (χ2n) is 5.47. The highest BCUT2D eigenvalue weighted by molar-refractivity contribution is 5.01. The van der Waals surface area contributed by atoms with Gasteiger partial charge in [-0.15, -0.1) is 0 Å². The van der Waals surface area contributed by atoms with Crippen molar-refractivity contribution in [2.24, 2.45) is 11.3 Å². The van der Waals surface area contributed by atoms with Crippen molar-refractivity contribution in [3.63, 3.8) is 0 Å². The van der Waals surface area contributed by atoms with Gasteiger partial charge in [0.1, 0.15) is 0 Å². The van der Waals surface area contributed by atoms with Crippen LogP contribution in [0.1, 0.15) is 51.9 Å². The molecule has 0 aromatic heterocycles. The summed E-state index contributed by atoms with van der Waals surface area (Å²) in [4.78, 5) is 0. The van der Waals surface area contributed by atoms with E-state index in [1.54, 1.807) is 7.11 Å². The summed E-state index contributed by atoms with van der Waals surface area (Å²) in [6.07, 6.45) is 7.67. The van der Waals surface area contributed by atoms with E-state index >= 15 is 0 Å². The van der Waals surface area contributed by atoms with Crippen LogP contribution in [0.15, 0.2) is 0 Å². The lowest BCUT2D eigenvalue weighted by Gasteiger charge is -2.35. The maximum Gasteiger partial charge on any atom is 0.0690 e. The number of methoxy groups -OCH3 is 1. The van der Waals surface area contributed by atoms with Gasteiger partial charge >= 0.3 is 0 Å². The molecule has 104 valence electrons. The van der Waals surface area contributed by atoms with Crippen molar-refractivity contribution in [1.29, 1.82) is 5.26 Å². The van der Waals surface area contributed by atoms with Crippen LogP contribution >= 0.6 is 0 Å². The third kappa shape index (κ3) is 4.96. The van der Waals surface area contributed by atoms with Gasteiger partial charge in [0, 0.05) is 26.9 Å². The van der Waals surface area contributed by atoms with Crippen LogP contribution < -0.4 is 0 Å². The molecule has 0 aliphatic heterocycles. The van der Waals surface area contributed by atoms with Gasteiger partial charge < -0.3 is 9.47 Å². The zero-order chi connectivity index (χ0) is 13.3. The van der Waals surface area contributed by atoms with Gasteiger partial charge in [-0.05, 0) is 31.6 Å². The average molecular weight is 253 g/mol. The molecule has 1 aliphatic rings. The predicted molar refractivity (Wildman–Crippen MR) is 72.2 cm³/mol. The molecule has 0 spiro atoms. The van der Waals surface area contributed by atoms with Gasteiger partial charge in [0.05, 0.1) is 11.5 Å². The van der Waals surface area contributed by atoms with Gasteiger partial charge in [0.15, 0.2) is 0 Å². The highest BCUT2D eigenvalue weighted by atomic mass is 16.5. The SMILES string of the molecule is CCC1CCCC(C#N)(CCOCCCOC)C1. The molecule has 3 nitrogen and oxygen atoms in total. The van der Waals surface area contributed by atoms with Crippen LogP contribution in [-0.4, -0.2) is 26.9 Å². The minimum absolute atomic E-state index is 0.111. The van der Waals surface area contributed by atoms with Crippen molar-refractivity contribution in [2.75, 3.05) is 26.9 Å². The summed E-state index contributed by atoms with van der Waals surface area (Å²) >= 11 is 0. The molecule has 2 atom stereocenters. The molecule has 2 unspecified atom stereocenters. The Morgan fingerprint density at radius 3 is 2.83 bits per heavy atom. The fourth-order valence-electron chi connectivity index (χ4n) is 2.89. The number of nitriles is 1. The van der Waals surface area contributed by atoms with E-state index in [-0.39, 0.29) is 5.41 Å². The van der Waals surface area contributed by atoms with E-state index in [0.29, 0.717) is 6.61 Å². The minimum atomic E-state index is -0.111. The molecule has 3 heteroatoms. The Morgan fingerprint density at radius 1 is 1.33 bits per heavy atom. The van der Waals surface area contributed by atoms with E-state index in [1.165, 1.54) is 19.3 Å². The Labute approximate surface area is 111 Å². The Balaban J connectivity index is 2.26. The highest BCUT2D eigenvalue weighted by Gasteiger charge is 2.35. The number of hydrogen-bond acceptors (Lipinski definition) is 3. The first kappa shape index (κ1) is 15.5. The minimum Gasteiger partial charge on any atom is -0.385 e. The van der Waals surface area contributed by atoms with E-state index < -0.39 is 0 Å².